The molecule has 2 N–H and O–H groups in total. The van der Waals surface area contributed by atoms with E-state index in [1.165, 1.54) is 34.7 Å². The quantitative estimate of drug-likeness (QED) is 0.0776. The molecule has 9 heteroatoms. The van der Waals surface area contributed by atoms with Crippen molar-refractivity contribution >= 4 is 57.6 Å². The zero-order valence-corrected chi connectivity index (χ0v) is 28.8. The predicted molar refractivity (Wildman–Crippen MR) is 199 cm³/mol. The Kier molecular flexibility index (Phi) is 11.4. The molecule has 0 aliphatic carbocycles. The molecule has 0 saturated heterocycles. The number of rotatable bonds is 12. The number of nitrogens with zero attached hydrogens (tertiary/aromatic N) is 1. The van der Waals surface area contributed by atoms with Crippen molar-refractivity contribution in [1.29, 1.82) is 0 Å². The number of ether oxygens (including phenoxy) is 1. The van der Waals surface area contributed by atoms with Crippen LogP contribution in [-0.4, -0.2) is 35.8 Å². The number of nitrogens with one attached hydrogen (secondary N) is 2. The molecule has 0 fully saturated rings. The van der Waals surface area contributed by atoms with Crippen LogP contribution in [-0.2, 0) is 33.8 Å². The summed E-state index contributed by atoms with van der Waals surface area (Å²) in [5, 5.41) is 5.94. The van der Waals surface area contributed by atoms with Gasteiger partial charge in [0.15, 0.2) is 0 Å². The summed E-state index contributed by atoms with van der Waals surface area (Å²) in [7, 11) is 0. The lowest BCUT2D eigenvalue weighted by Gasteiger charge is -2.27. The van der Waals surface area contributed by atoms with Crippen molar-refractivity contribution in [3.8, 4) is 0 Å². The van der Waals surface area contributed by atoms with Gasteiger partial charge in [-0.15, -0.1) is 23.1 Å². The van der Waals surface area contributed by atoms with Gasteiger partial charge < -0.3 is 15.4 Å². The van der Waals surface area contributed by atoms with Crippen LogP contribution in [0, 0.1) is 0 Å². The lowest BCUT2D eigenvalue weighted by Crippen LogP contribution is -2.30. The molecule has 1 aliphatic heterocycles. The van der Waals surface area contributed by atoms with Gasteiger partial charge in [-0.25, -0.2) is 4.79 Å². The topological polar surface area (TPSA) is 87.7 Å². The summed E-state index contributed by atoms with van der Waals surface area (Å²) < 4.78 is 5.48. The number of fused-ring (bicyclic) bond motifs is 1. The Balaban J connectivity index is 1.22. The minimum absolute atomic E-state index is 0.244. The third-order valence-electron chi connectivity index (χ3n) is 8.02. The molecule has 2 heterocycles. The maximum absolute atomic E-state index is 14.2. The van der Waals surface area contributed by atoms with E-state index in [9.17, 15) is 14.4 Å². The molecule has 6 rings (SSSR count). The van der Waals surface area contributed by atoms with Crippen LogP contribution in [0.25, 0.3) is 6.08 Å². The lowest BCUT2D eigenvalue weighted by atomic mass is 10.0. The minimum Gasteiger partial charge on any atom is -0.462 e. The Hall–Kier alpha value is -4.96. The fraction of sp³-hybridized carbons (Fsp3) is 0.175. The van der Waals surface area contributed by atoms with Crippen LogP contribution in [0.2, 0.25) is 0 Å². The molecule has 2 amide bonds. The van der Waals surface area contributed by atoms with E-state index in [1.54, 1.807) is 13.0 Å². The first kappa shape index (κ1) is 33.9. The van der Waals surface area contributed by atoms with Crippen LogP contribution in [0.3, 0.4) is 0 Å². The SMILES string of the molecule is CCOC(=O)c1c(NC(=O)C(Sc2cccc(NC(=O)/C=C/c3ccccc3)c2)c2ccccc2)sc2c1CCN(Cc1ccccc1)C2. The normalized spacial score (nSPS) is 13.4. The number of esters is 1. The summed E-state index contributed by atoms with van der Waals surface area (Å²) >= 11 is 2.83. The molecule has 0 radical (unpaired) electrons. The van der Waals surface area contributed by atoms with Crippen LogP contribution in [0.1, 0.15) is 49.7 Å². The van der Waals surface area contributed by atoms with Gasteiger partial charge in [0, 0.05) is 41.2 Å². The molecule has 0 spiro atoms. The average Bonchev–Trinajstić information content (AvgIpc) is 3.48. The molecule has 248 valence electrons. The van der Waals surface area contributed by atoms with Gasteiger partial charge in [-0.05, 0) is 59.9 Å². The molecular weight excluding hydrogens is 651 g/mol. The smallest absolute Gasteiger partial charge is 0.341 e. The molecule has 1 atom stereocenters. The first-order chi connectivity index (χ1) is 24.0. The fourth-order valence-electron chi connectivity index (χ4n) is 5.72. The van der Waals surface area contributed by atoms with Gasteiger partial charge in [-0.1, -0.05) is 97.1 Å². The van der Waals surface area contributed by atoms with Crippen molar-refractivity contribution in [3.63, 3.8) is 0 Å². The Labute approximate surface area is 295 Å². The molecule has 0 saturated carbocycles. The summed E-state index contributed by atoms with van der Waals surface area (Å²) in [6.07, 6.45) is 3.95. The van der Waals surface area contributed by atoms with Crippen LogP contribution >= 0.6 is 23.1 Å². The van der Waals surface area contributed by atoms with Gasteiger partial charge in [0.05, 0.1) is 12.2 Å². The Bertz CT molecular complexity index is 1930. The van der Waals surface area contributed by atoms with Crippen molar-refractivity contribution in [2.75, 3.05) is 23.8 Å². The monoisotopic (exact) mass is 687 g/mol. The highest BCUT2D eigenvalue weighted by Gasteiger charge is 2.31. The van der Waals surface area contributed by atoms with Gasteiger partial charge in [0.2, 0.25) is 11.8 Å². The number of benzene rings is 4. The largest absolute Gasteiger partial charge is 0.462 e. The van der Waals surface area contributed by atoms with E-state index in [-0.39, 0.29) is 18.4 Å². The summed E-state index contributed by atoms with van der Waals surface area (Å²) in [5.41, 5.74) is 5.02. The molecular formula is C40H37N3O4S2. The third kappa shape index (κ3) is 8.94. The summed E-state index contributed by atoms with van der Waals surface area (Å²) in [6.45, 7) is 4.33. The van der Waals surface area contributed by atoms with Crippen LogP contribution in [0.5, 0.6) is 0 Å². The van der Waals surface area contributed by atoms with E-state index in [0.29, 0.717) is 29.2 Å². The number of carbonyl (C=O) groups excluding carboxylic acids is 3. The van der Waals surface area contributed by atoms with Gasteiger partial charge >= 0.3 is 5.97 Å². The third-order valence-corrected chi connectivity index (χ3v) is 10.4. The van der Waals surface area contributed by atoms with Gasteiger partial charge in [-0.2, -0.15) is 0 Å². The second kappa shape index (κ2) is 16.4. The minimum atomic E-state index is -0.631. The van der Waals surface area contributed by atoms with Crippen LogP contribution in [0.4, 0.5) is 10.7 Å². The van der Waals surface area contributed by atoms with Crippen molar-refractivity contribution in [2.24, 2.45) is 0 Å². The van der Waals surface area contributed by atoms with Gasteiger partial charge in [0.25, 0.3) is 0 Å². The van der Waals surface area contributed by atoms with Crippen LogP contribution < -0.4 is 10.6 Å². The number of thioether (sulfide) groups is 1. The zero-order valence-electron chi connectivity index (χ0n) is 27.1. The van der Waals surface area contributed by atoms with E-state index in [4.69, 9.17) is 4.74 Å². The molecule has 5 aromatic rings. The van der Waals surface area contributed by atoms with Crippen molar-refractivity contribution in [2.45, 2.75) is 36.6 Å². The number of carbonyl (C=O) groups is 3. The van der Waals surface area contributed by atoms with E-state index in [2.05, 4.69) is 27.7 Å². The maximum Gasteiger partial charge on any atom is 0.341 e. The number of thiophene rings is 1. The standard InChI is InChI=1S/C40H37N3O4S2/c1-2-47-40(46)36-33-23-24-43(26-29-15-8-4-9-16-29)27-34(33)49-39(36)42-38(45)37(30-17-10-5-11-18-30)48-32-20-12-19-31(25-32)41-35(44)22-21-28-13-6-3-7-14-28/h3-22,25,37H,2,23-24,26-27H2,1H3,(H,41,44)(H,42,45)/b22-21+. The Morgan fingerprint density at radius 3 is 2.35 bits per heavy atom. The number of anilines is 2. The molecule has 7 nitrogen and oxygen atoms in total. The van der Waals surface area contributed by atoms with Gasteiger partial charge in [-0.3, -0.25) is 14.5 Å². The highest BCUT2D eigenvalue weighted by atomic mass is 32.2. The highest BCUT2D eigenvalue weighted by molar-refractivity contribution is 8.00. The first-order valence-electron chi connectivity index (χ1n) is 16.2. The number of hydrogen-bond acceptors (Lipinski definition) is 7. The lowest BCUT2D eigenvalue weighted by molar-refractivity contribution is -0.116. The molecule has 4 aromatic carbocycles. The Morgan fingerprint density at radius 1 is 0.898 bits per heavy atom. The van der Waals surface area contributed by atoms with Gasteiger partial charge in [0.1, 0.15) is 10.3 Å². The number of amides is 2. The second-order valence-corrected chi connectivity index (χ2v) is 13.8. The number of hydrogen-bond donors (Lipinski definition) is 2. The molecule has 49 heavy (non-hydrogen) atoms. The zero-order chi connectivity index (χ0) is 34.0. The maximum atomic E-state index is 14.2. The van der Waals surface area contributed by atoms with Crippen molar-refractivity contribution < 1.29 is 19.1 Å². The molecule has 0 bridgehead atoms. The first-order valence-corrected chi connectivity index (χ1v) is 17.9. The van der Waals surface area contributed by atoms with Crippen molar-refractivity contribution in [3.05, 3.63) is 154 Å². The van der Waals surface area contributed by atoms with Crippen molar-refractivity contribution in [1.82, 2.24) is 4.90 Å². The average molecular weight is 688 g/mol. The Morgan fingerprint density at radius 2 is 1.61 bits per heavy atom. The molecule has 1 aromatic heterocycles. The summed E-state index contributed by atoms with van der Waals surface area (Å²) in [5.74, 6) is -0.916. The molecule has 1 aliphatic rings. The fourth-order valence-corrected chi connectivity index (χ4v) is 8.09. The molecule has 1 unspecified atom stereocenters. The van der Waals surface area contributed by atoms with E-state index >= 15 is 0 Å². The highest BCUT2D eigenvalue weighted by Crippen LogP contribution is 2.41. The summed E-state index contributed by atoms with van der Waals surface area (Å²) in [6, 6.07) is 37.0. The summed E-state index contributed by atoms with van der Waals surface area (Å²) in [4.78, 5) is 44.4. The van der Waals surface area contributed by atoms with E-state index < -0.39 is 11.2 Å². The van der Waals surface area contributed by atoms with E-state index in [1.807, 2.05) is 103 Å². The second-order valence-electron chi connectivity index (χ2n) is 11.5. The van der Waals surface area contributed by atoms with E-state index in [0.717, 1.165) is 39.6 Å². The van der Waals surface area contributed by atoms with Crippen LogP contribution in [0.15, 0.2) is 126 Å². The predicted octanol–water partition coefficient (Wildman–Crippen LogP) is 8.61.